The molecule has 0 bridgehead atoms. The van der Waals surface area contributed by atoms with E-state index in [1.54, 1.807) is 11.3 Å². The summed E-state index contributed by atoms with van der Waals surface area (Å²) in [4.78, 5) is 9.85. The van der Waals surface area contributed by atoms with Gasteiger partial charge in [0.25, 0.3) is 0 Å². The van der Waals surface area contributed by atoms with Gasteiger partial charge in [-0.2, -0.15) is 0 Å². The van der Waals surface area contributed by atoms with E-state index in [1.165, 1.54) is 0 Å². The number of nitrogens with zero attached hydrogens (tertiary/aromatic N) is 2. The lowest BCUT2D eigenvalue weighted by molar-refractivity contribution is 0.779. The zero-order valence-corrected chi connectivity index (χ0v) is 11.5. The molecule has 0 spiro atoms. The highest BCUT2D eigenvalue weighted by Gasteiger charge is 2.11. The van der Waals surface area contributed by atoms with Gasteiger partial charge < -0.3 is 5.73 Å². The molecule has 2 N–H and O–H groups in total. The Hall–Kier alpha value is -0.940. The van der Waals surface area contributed by atoms with Gasteiger partial charge in [-0.05, 0) is 27.4 Å². The van der Waals surface area contributed by atoms with Crippen LogP contribution in [0.3, 0.4) is 0 Å². The minimum atomic E-state index is 0.279. The number of nitrogens with two attached hydrogens (primary N) is 1. The highest BCUT2D eigenvalue weighted by atomic mass is 79.9. The molecule has 0 aliphatic rings. The number of hydrogen-bond acceptors (Lipinski definition) is 4. The van der Waals surface area contributed by atoms with Crippen LogP contribution in [0, 0.1) is 0 Å². The topological polar surface area (TPSA) is 51.8 Å². The van der Waals surface area contributed by atoms with E-state index >= 15 is 0 Å². The highest BCUT2D eigenvalue weighted by molar-refractivity contribution is 9.10. The Kier molecular flexibility index (Phi) is 3.25. The maximum Gasteiger partial charge on any atom is 0.133 e. The molecule has 2 rings (SSSR count). The lowest BCUT2D eigenvalue weighted by Gasteiger charge is -2.07. The Morgan fingerprint density at radius 1 is 1.38 bits per heavy atom. The van der Waals surface area contributed by atoms with Crippen LogP contribution in [0.4, 0.5) is 5.82 Å². The first-order chi connectivity index (χ1) is 7.58. The molecule has 0 aliphatic heterocycles. The summed E-state index contributed by atoms with van der Waals surface area (Å²) in [6.45, 7) is 4.12. The summed E-state index contributed by atoms with van der Waals surface area (Å²) < 4.78 is 1.05. The molecule has 0 atom stereocenters. The SMILES string of the molecule is CC(C)c1nc(N)cc(-c2sccc2Br)n1. The molecule has 2 aromatic rings. The van der Waals surface area contributed by atoms with Crippen molar-refractivity contribution in [3.8, 4) is 10.6 Å². The third kappa shape index (κ3) is 2.25. The van der Waals surface area contributed by atoms with Gasteiger partial charge in [-0.25, -0.2) is 9.97 Å². The molecular weight excluding hydrogens is 286 g/mol. The number of aromatic nitrogens is 2. The zero-order valence-electron chi connectivity index (χ0n) is 9.07. The third-order valence-electron chi connectivity index (χ3n) is 2.13. The fraction of sp³-hybridized carbons (Fsp3) is 0.273. The Morgan fingerprint density at radius 3 is 2.69 bits per heavy atom. The van der Waals surface area contributed by atoms with Crippen LogP contribution >= 0.6 is 27.3 Å². The predicted molar refractivity (Wildman–Crippen MR) is 71.5 cm³/mol. The van der Waals surface area contributed by atoms with Crippen molar-refractivity contribution >= 4 is 33.1 Å². The first-order valence-electron chi connectivity index (χ1n) is 4.95. The van der Waals surface area contributed by atoms with Crippen LogP contribution in [-0.2, 0) is 0 Å². The summed E-state index contributed by atoms with van der Waals surface area (Å²) in [5.41, 5.74) is 6.68. The first kappa shape index (κ1) is 11.5. The smallest absolute Gasteiger partial charge is 0.133 e. The maximum atomic E-state index is 5.79. The van der Waals surface area contributed by atoms with Crippen LogP contribution in [0.1, 0.15) is 25.6 Å². The lowest BCUT2D eigenvalue weighted by atomic mass is 10.2. The average molecular weight is 298 g/mol. The van der Waals surface area contributed by atoms with E-state index in [1.807, 2.05) is 17.5 Å². The lowest BCUT2D eigenvalue weighted by Crippen LogP contribution is -2.02. The second-order valence-corrected chi connectivity index (χ2v) is 5.56. The second-order valence-electron chi connectivity index (χ2n) is 3.79. The number of rotatable bonds is 2. The summed E-state index contributed by atoms with van der Waals surface area (Å²) in [7, 11) is 0. The summed E-state index contributed by atoms with van der Waals surface area (Å²) in [6, 6.07) is 3.82. The quantitative estimate of drug-likeness (QED) is 0.920. The van der Waals surface area contributed by atoms with Gasteiger partial charge in [0, 0.05) is 16.5 Å². The van der Waals surface area contributed by atoms with Crippen molar-refractivity contribution in [1.29, 1.82) is 0 Å². The van der Waals surface area contributed by atoms with Gasteiger partial charge in [0.05, 0.1) is 10.6 Å². The number of anilines is 1. The van der Waals surface area contributed by atoms with E-state index in [0.29, 0.717) is 5.82 Å². The first-order valence-corrected chi connectivity index (χ1v) is 6.63. The normalized spacial score (nSPS) is 11.0. The van der Waals surface area contributed by atoms with Gasteiger partial charge in [0.1, 0.15) is 11.6 Å². The Balaban J connectivity index is 2.54. The van der Waals surface area contributed by atoms with Crippen LogP contribution in [0.15, 0.2) is 22.0 Å². The molecule has 0 aromatic carbocycles. The second kappa shape index (κ2) is 4.51. The fourth-order valence-electron chi connectivity index (χ4n) is 1.34. The number of hydrogen-bond donors (Lipinski definition) is 1. The van der Waals surface area contributed by atoms with Crippen molar-refractivity contribution in [2.45, 2.75) is 19.8 Å². The third-order valence-corrected chi connectivity index (χ3v) is 3.99. The molecule has 84 valence electrons. The van der Waals surface area contributed by atoms with Crippen LogP contribution < -0.4 is 5.73 Å². The van der Waals surface area contributed by atoms with Gasteiger partial charge in [-0.15, -0.1) is 11.3 Å². The highest BCUT2D eigenvalue weighted by Crippen LogP contribution is 2.33. The molecular formula is C11H12BrN3S. The average Bonchev–Trinajstić information content (AvgIpc) is 2.63. The van der Waals surface area contributed by atoms with E-state index in [0.717, 1.165) is 20.9 Å². The van der Waals surface area contributed by atoms with Crippen LogP contribution in [0.5, 0.6) is 0 Å². The number of thiophene rings is 1. The Labute approximate surface area is 107 Å². The Morgan fingerprint density at radius 2 is 2.12 bits per heavy atom. The zero-order chi connectivity index (χ0) is 11.7. The minimum Gasteiger partial charge on any atom is -0.384 e. The molecule has 0 unspecified atom stereocenters. The van der Waals surface area contributed by atoms with Crippen LogP contribution in [-0.4, -0.2) is 9.97 Å². The van der Waals surface area contributed by atoms with E-state index in [4.69, 9.17) is 5.73 Å². The van der Waals surface area contributed by atoms with Crippen molar-refractivity contribution in [1.82, 2.24) is 9.97 Å². The summed E-state index contributed by atoms with van der Waals surface area (Å²) in [5, 5.41) is 2.02. The van der Waals surface area contributed by atoms with E-state index in [9.17, 15) is 0 Å². The Bertz CT molecular complexity index is 508. The van der Waals surface area contributed by atoms with Gasteiger partial charge in [0.15, 0.2) is 0 Å². The van der Waals surface area contributed by atoms with Crippen molar-refractivity contribution in [3.63, 3.8) is 0 Å². The van der Waals surface area contributed by atoms with Gasteiger partial charge in [-0.3, -0.25) is 0 Å². The largest absolute Gasteiger partial charge is 0.384 e. The van der Waals surface area contributed by atoms with E-state index in [2.05, 4.69) is 39.7 Å². The molecule has 2 heterocycles. The molecule has 0 amide bonds. The summed E-state index contributed by atoms with van der Waals surface area (Å²) >= 11 is 5.14. The monoisotopic (exact) mass is 297 g/mol. The number of nitrogen functional groups attached to an aromatic ring is 1. The van der Waals surface area contributed by atoms with Gasteiger partial charge >= 0.3 is 0 Å². The molecule has 0 fully saturated rings. The minimum absolute atomic E-state index is 0.279. The van der Waals surface area contributed by atoms with Gasteiger partial charge in [-0.1, -0.05) is 13.8 Å². The molecule has 5 heteroatoms. The maximum absolute atomic E-state index is 5.79. The molecule has 0 saturated carbocycles. The summed E-state index contributed by atoms with van der Waals surface area (Å²) in [6.07, 6.45) is 0. The van der Waals surface area contributed by atoms with Crippen LogP contribution in [0.25, 0.3) is 10.6 Å². The predicted octanol–water partition coefficient (Wildman–Crippen LogP) is 3.67. The van der Waals surface area contributed by atoms with Crippen molar-refractivity contribution in [2.75, 3.05) is 5.73 Å². The van der Waals surface area contributed by atoms with Crippen molar-refractivity contribution in [2.24, 2.45) is 0 Å². The number of halogens is 1. The molecule has 2 aromatic heterocycles. The van der Waals surface area contributed by atoms with Gasteiger partial charge in [0.2, 0.25) is 0 Å². The molecule has 3 nitrogen and oxygen atoms in total. The fourth-order valence-corrected chi connectivity index (χ4v) is 2.87. The van der Waals surface area contributed by atoms with Crippen LogP contribution in [0.2, 0.25) is 0 Å². The van der Waals surface area contributed by atoms with E-state index < -0.39 is 0 Å². The standard InChI is InChI=1S/C11H12BrN3S/c1-6(2)11-14-8(5-9(13)15-11)10-7(12)3-4-16-10/h3-6H,1-2H3,(H2,13,14,15). The molecule has 0 aliphatic carbocycles. The van der Waals surface area contributed by atoms with Crippen molar-refractivity contribution < 1.29 is 0 Å². The molecule has 0 saturated heterocycles. The van der Waals surface area contributed by atoms with E-state index in [-0.39, 0.29) is 5.92 Å². The summed E-state index contributed by atoms with van der Waals surface area (Å²) in [5.74, 6) is 1.59. The molecule has 0 radical (unpaired) electrons. The molecule has 16 heavy (non-hydrogen) atoms. The van der Waals surface area contributed by atoms with Crippen molar-refractivity contribution in [3.05, 3.63) is 27.8 Å².